The van der Waals surface area contributed by atoms with Crippen LogP contribution in [-0.4, -0.2) is 48.1 Å². The van der Waals surface area contributed by atoms with E-state index >= 15 is 0 Å². The Morgan fingerprint density at radius 1 is 1.20 bits per heavy atom. The molecule has 0 spiro atoms. The van der Waals surface area contributed by atoms with E-state index in [-0.39, 0.29) is 0 Å². The molecule has 0 aliphatic carbocycles. The average molecular weight is 210 g/mol. The molecule has 2 rings (SSSR count). The van der Waals surface area contributed by atoms with E-state index in [4.69, 9.17) is 0 Å². The van der Waals surface area contributed by atoms with Gasteiger partial charge in [-0.15, -0.1) is 0 Å². The fourth-order valence-corrected chi connectivity index (χ4v) is 1.77. The normalized spacial score (nSPS) is 18.9. The minimum absolute atomic E-state index is 0.461. The Kier molecular flexibility index (Phi) is 3.11. The average Bonchev–Trinajstić information content (AvgIpc) is 2.43. The summed E-state index contributed by atoms with van der Waals surface area (Å²) in [5, 5.41) is 0. The molecule has 82 valence electrons. The number of rotatable bonds is 1. The summed E-state index contributed by atoms with van der Waals surface area (Å²) in [6.45, 7) is 3.91. The molecular formula is C10H15FN4. The summed E-state index contributed by atoms with van der Waals surface area (Å²) in [5.74, 6) is 0.232. The first-order valence-electron chi connectivity index (χ1n) is 5.17. The van der Waals surface area contributed by atoms with Gasteiger partial charge in [0, 0.05) is 25.7 Å². The monoisotopic (exact) mass is 210 g/mol. The van der Waals surface area contributed by atoms with Crippen molar-refractivity contribution >= 4 is 5.82 Å². The van der Waals surface area contributed by atoms with Crippen molar-refractivity contribution in [1.29, 1.82) is 0 Å². The SMILES string of the molecule is CN1CCCN(c2cc(F)ncn2)CC1. The van der Waals surface area contributed by atoms with Crippen LogP contribution >= 0.6 is 0 Å². The first-order chi connectivity index (χ1) is 7.25. The second-order valence-electron chi connectivity index (χ2n) is 3.84. The topological polar surface area (TPSA) is 32.3 Å². The lowest BCUT2D eigenvalue weighted by atomic mass is 10.4. The largest absolute Gasteiger partial charge is 0.355 e. The number of hydrogen-bond acceptors (Lipinski definition) is 4. The van der Waals surface area contributed by atoms with E-state index in [9.17, 15) is 4.39 Å². The molecule has 15 heavy (non-hydrogen) atoms. The van der Waals surface area contributed by atoms with E-state index in [2.05, 4.69) is 26.8 Å². The van der Waals surface area contributed by atoms with E-state index < -0.39 is 5.95 Å². The fourth-order valence-electron chi connectivity index (χ4n) is 1.77. The zero-order valence-electron chi connectivity index (χ0n) is 8.86. The third-order valence-electron chi connectivity index (χ3n) is 2.66. The molecule has 0 amide bonds. The van der Waals surface area contributed by atoms with Gasteiger partial charge in [-0.2, -0.15) is 4.39 Å². The third kappa shape index (κ3) is 2.62. The van der Waals surface area contributed by atoms with Gasteiger partial charge < -0.3 is 9.80 Å². The van der Waals surface area contributed by atoms with E-state index in [1.54, 1.807) is 0 Å². The van der Waals surface area contributed by atoms with Gasteiger partial charge in [-0.05, 0) is 20.0 Å². The molecule has 1 aromatic rings. The van der Waals surface area contributed by atoms with E-state index in [0.29, 0.717) is 5.82 Å². The summed E-state index contributed by atoms with van der Waals surface area (Å²) in [6.07, 6.45) is 2.36. The van der Waals surface area contributed by atoms with Gasteiger partial charge in [0.1, 0.15) is 12.1 Å². The Morgan fingerprint density at radius 2 is 2.07 bits per heavy atom. The van der Waals surface area contributed by atoms with Gasteiger partial charge >= 0.3 is 0 Å². The van der Waals surface area contributed by atoms with E-state index in [1.165, 1.54) is 12.4 Å². The summed E-state index contributed by atoms with van der Waals surface area (Å²) in [4.78, 5) is 11.9. The predicted molar refractivity (Wildman–Crippen MR) is 56.3 cm³/mol. The van der Waals surface area contributed by atoms with Crippen LogP contribution in [0.2, 0.25) is 0 Å². The van der Waals surface area contributed by atoms with Gasteiger partial charge in [0.05, 0.1) is 0 Å². The summed E-state index contributed by atoms with van der Waals surface area (Å²) in [6, 6.07) is 1.39. The maximum absolute atomic E-state index is 12.9. The van der Waals surface area contributed by atoms with Crippen LogP contribution in [0.3, 0.4) is 0 Å². The molecule has 0 atom stereocenters. The second kappa shape index (κ2) is 4.53. The van der Waals surface area contributed by atoms with Crippen LogP contribution < -0.4 is 4.90 Å². The first kappa shape index (κ1) is 10.3. The summed E-state index contributed by atoms with van der Waals surface area (Å²) < 4.78 is 12.9. The Hall–Kier alpha value is -1.23. The molecule has 1 saturated heterocycles. The first-order valence-corrected chi connectivity index (χ1v) is 5.17. The molecule has 1 fully saturated rings. The van der Waals surface area contributed by atoms with Crippen molar-refractivity contribution in [2.75, 3.05) is 38.1 Å². The van der Waals surface area contributed by atoms with E-state index in [1.807, 2.05) is 0 Å². The molecule has 2 heterocycles. The second-order valence-corrected chi connectivity index (χ2v) is 3.84. The van der Waals surface area contributed by atoms with Crippen LogP contribution in [0, 0.1) is 5.95 Å². The van der Waals surface area contributed by atoms with Crippen LogP contribution in [0.25, 0.3) is 0 Å². The van der Waals surface area contributed by atoms with Crippen molar-refractivity contribution in [2.24, 2.45) is 0 Å². The summed E-state index contributed by atoms with van der Waals surface area (Å²) in [7, 11) is 2.10. The maximum Gasteiger partial charge on any atom is 0.218 e. The van der Waals surface area contributed by atoms with Gasteiger partial charge in [-0.1, -0.05) is 0 Å². The maximum atomic E-state index is 12.9. The van der Waals surface area contributed by atoms with Crippen LogP contribution in [0.4, 0.5) is 10.2 Å². The predicted octanol–water partition coefficient (Wildman–Crippen LogP) is 0.758. The van der Waals surface area contributed by atoms with Crippen LogP contribution in [0.15, 0.2) is 12.4 Å². The molecule has 1 aromatic heterocycles. The van der Waals surface area contributed by atoms with Gasteiger partial charge in [-0.3, -0.25) is 0 Å². The minimum Gasteiger partial charge on any atom is -0.355 e. The van der Waals surface area contributed by atoms with Crippen molar-refractivity contribution in [3.8, 4) is 0 Å². The summed E-state index contributed by atoms with van der Waals surface area (Å²) >= 11 is 0. The Morgan fingerprint density at radius 3 is 2.87 bits per heavy atom. The van der Waals surface area contributed by atoms with Gasteiger partial charge in [0.2, 0.25) is 5.95 Å². The van der Waals surface area contributed by atoms with Crippen LogP contribution in [-0.2, 0) is 0 Å². The van der Waals surface area contributed by atoms with Gasteiger partial charge in [0.15, 0.2) is 0 Å². The lowest BCUT2D eigenvalue weighted by molar-refractivity contribution is 0.360. The lowest BCUT2D eigenvalue weighted by Gasteiger charge is -2.20. The van der Waals surface area contributed by atoms with Crippen molar-refractivity contribution in [2.45, 2.75) is 6.42 Å². The van der Waals surface area contributed by atoms with Gasteiger partial charge in [-0.25, -0.2) is 9.97 Å². The van der Waals surface area contributed by atoms with Crippen LogP contribution in [0.1, 0.15) is 6.42 Å². The zero-order chi connectivity index (χ0) is 10.7. The van der Waals surface area contributed by atoms with Crippen molar-refractivity contribution in [3.05, 3.63) is 18.3 Å². The van der Waals surface area contributed by atoms with Crippen molar-refractivity contribution in [3.63, 3.8) is 0 Å². The lowest BCUT2D eigenvalue weighted by Crippen LogP contribution is -2.29. The highest BCUT2D eigenvalue weighted by molar-refractivity contribution is 5.36. The minimum atomic E-state index is -0.461. The van der Waals surface area contributed by atoms with Crippen LogP contribution in [0.5, 0.6) is 0 Å². The number of aromatic nitrogens is 2. The molecule has 0 saturated carbocycles. The Balaban J connectivity index is 2.09. The molecule has 0 N–H and O–H groups in total. The highest BCUT2D eigenvalue weighted by Crippen LogP contribution is 2.12. The molecule has 4 nitrogen and oxygen atoms in total. The molecule has 0 aromatic carbocycles. The highest BCUT2D eigenvalue weighted by Gasteiger charge is 2.13. The number of nitrogens with zero attached hydrogens (tertiary/aromatic N) is 4. The molecule has 1 aliphatic rings. The molecular weight excluding hydrogens is 195 g/mol. The number of hydrogen-bond donors (Lipinski definition) is 0. The summed E-state index contributed by atoms with van der Waals surface area (Å²) in [5.41, 5.74) is 0. The zero-order valence-corrected chi connectivity index (χ0v) is 8.86. The standard InChI is InChI=1S/C10H15FN4/c1-14-3-2-4-15(6-5-14)10-7-9(11)12-8-13-10/h7-8H,2-6H2,1H3. The molecule has 1 aliphatic heterocycles. The quantitative estimate of drug-likeness (QED) is 0.640. The van der Waals surface area contributed by atoms with E-state index in [0.717, 1.165) is 32.6 Å². The smallest absolute Gasteiger partial charge is 0.218 e. The number of anilines is 1. The van der Waals surface area contributed by atoms with Gasteiger partial charge in [0.25, 0.3) is 0 Å². The molecule has 0 radical (unpaired) electrons. The molecule has 5 heteroatoms. The van der Waals surface area contributed by atoms with Crippen molar-refractivity contribution in [1.82, 2.24) is 14.9 Å². The number of halogens is 1. The molecule has 0 bridgehead atoms. The Labute approximate surface area is 88.7 Å². The third-order valence-corrected chi connectivity index (χ3v) is 2.66. The molecule has 0 unspecified atom stereocenters. The number of likely N-dealkylation sites (N-methyl/N-ethyl adjacent to an activating group) is 1. The fraction of sp³-hybridized carbons (Fsp3) is 0.600. The van der Waals surface area contributed by atoms with Crippen molar-refractivity contribution < 1.29 is 4.39 Å². The highest BCUT2D eigenvalue weighted by atomic mass is 19.1. The Bertz CT molecular complexity index is 331.